The van der Waals surface area contributed by atoms with Gasteiger partial charge in [-0.25, -0.2) is 4.39 Å². The van der Waals surface area contributed by atoms with Crippen LogP contribution in [0.2, 0.25) is 0 Å². The molecule has 0 spiro atoms. The van der Waals surface area contributed by atoms with Crippen molar-refractivity contribution in [1.29, 1.82) is 0 Å². The molecule has 0 saturated carbocycles. The van der Waals surface area contributed by atoms with Crippen LogP contribution in [0.4, 0.5) is 4.39 Å². The van der Waals surface area contributed by atoms with E-state index in [2.05, 4.69) is 37.1 Å². The molecule has 33 heavy (non-hydrogen) atoms. The fraction of sp³-hybridized carbons (Fsp3) is 0.320. The minimum Gasteiger partial charge on any atom is -0.460 e. The molecular weight excluding hydrogens is 421 g/mol. The topological polar surface area (TPSA) is 76.2 Å². The van der Waals surface area contributed by atoms with Gasteiger partial charge in [-0.05, 0) is 29.8 Å². The molecule has 1 aliphatic rings. The zero-order chi connectivity index (χ0) is 22.6. The lowest BCUT2D eigenvalue weighted by Crippen LogP contribution is -2.28. The number of amides is 1. The molecule has 0 atom stereocenters. The Morgan fingerprint density at radius 3 is 2.76 bits per heavy atom. The van der Waals surface area contributed by atoms with Gasteiger partial charge in [0.25, 0.3) is 0 Å². The molecule has 2 aromatic heterocycles. The Labute approximate surface area is 191 Å². The minimum absolute atomic E-state index is 0.0887. The Morgan fingerprint density at radius 2 is 1.91 bits per heavy atom. The SMILES string of the molecule is O=C(Cc1ccc(F)cc1)NCCc1nnc2n1CCN(Cc1cc3ccccc3o1)CC2. The third kappa shape index (κ3) is 5.12. The number of rotatable bonds is 7. The number of fused-ring (bicyclic) bond motifs is 2. The van der Waals surface area contributed by atoms with E-state index >= 15 is 0 Å². The highest BCUT2D eigenvalue weighted by Crippen LogP contribution is 2.21. The van der Waals surface area contributed by atoms with E-state index in [1.807, 2.05) is 18.2 Å². The van der Waals surface area contributed by atoms with Crippen LogP contribution in [-0.4, -0.2) is 45.2 Å². The molecule has 0 radical (unpaired) electrons. The highest BCUT2D eigenvalue weighted by molar-refractivity contribution is 5.78. The number of carbonyl (C=O) groups excluding carboxylic acids is 1. The van der Waals surface area contributed by atoms with Crippen molar-refractivity contribution in [3.63, 3.8) is 0 Å². The zero-order valence-corrected chi connectivity index (χ0v) is 18.3. The van der Waals surface area contributed by atoms with E-state index in [0.29, 0.717) is 13.0 Å². The van der Waals surface area contributed by atoms with Crippen molar-refractivity contribution in [2.24, 2.45) is 0 Å². The van der Waals surface area contributed by atoms with Gasteiger partial charge in [0.1, 0.15) is 28.8 Å². The number of hydrogen-bond donors (Lipinski definition) is 1. The lowest BCUT2D eigenvalue weighted by atomic mass is 10.1. The second-order valence-corrected chi connectivity index (χ2v) is 8.36. The summed E-state index contributed by atoms with van der Waals surface area (Å²) in [5, 5.41) is 12.8. The van der Waals surface area contributed by atoms with Crippen LogP contribution in [0, 0.1) is 5.82 Å². The third-order valence-electron chi connectivity index (χ3n) is 6.00. The smallest absolute Gasteiger partial charge is 0.224 e. The lowest BCUT2D eigenvalue weighted by Gasteiger charge is -2.18. The van der Waals surface area contributed by atoms with Crippen LogP contribution in [0.5, 0.6) is 0 Å². The molecule has 8 heteroatoms. The fourth-order valence-corrected chi connectivity index (χ4v) is 4.27. The van der Waals surface area contributed by atoms with Crippen molar-refractivity contribution < 1.29 is 13.6 Å². The average Bonchev–Trinajstić information content (AvgIpc) is 3.34. The first-order valence-electron chi connectivity index (χ1n) is 11.3. The van der Waals surface area contributed by atoms with Gasteiger partial charge in [0.2, 0.25) is 5.91 Å². The Morgan fingerprint density at radius 1 is 1.06 bits per heavy atom. The van der Waals surface area contributed by atoms with Crippen molar-refractivity contribution in [3.05, 3.63) is 83.4 Å². The van der Waals surface area contributed by atoms with Crippen LogP contribution < -0.4 is 5.32 Å². The Kier molecular flexibility index (Phi) is 6.17. The highest BCUT2D eigenvalue weighted by Gasteiger charge is 2.19. The third-order valence-corrected chi connectivity index (χ3v) is 6.00. The van der Waals surface area contributed by atoms with E-state index in [9.17, 15) is 9.18 Å². The molecule has 1 amide bonds. The molecule has 0 unspecified atom stereocenters. The number of hydrogen-bond acceptors (Lipinski definition) is 5. The number of benzene rings is 2. The summed E-state index contributed by atoms with van der Waals surface area (Å²) in [4.78, 5) is 14.6. The first-order valence-corrected chi connectivity index (χ1v) is 11.3. The summed E-state index contributed by atoms with van der Waals surface area (Å²) >= 11 is 0. The molecule has 2 aromatic carbocycles. The molecule has 1 aliphatic heterocycles. The maximum absolute atomic E-state index is 13.0. The standard InChI is InChI=1S/C25H26FN5O2/c26-20-7-5-18(6-8-20)15-25(32)27-11-9-23-28-29-24-10-12-30(13-14-31(23)24)17-21-16-19-3-1-2-4-22(19)33-21/h1-8,16H,9-15,17H2,(H,27,32). The van der Waals surface area contributed by atoms with Crippen LogP contribution >= 0.6 is 0 Å². The van der Waals surface area contributed by atoms with Crippen molar-refractivity contribution in [2.75, 3.05) is 19.6 Å². The summed E-state index contributed by atoms with van der Waals surface area (Å²) in [7, 11) is 0. The number of nitrogens with zero attached hydrogens (tertiary/aromatic N) is 4. The van der Waals surface area contributed by atoms with E-state index in [-0.39, 0.29) is 18.1 Å². The number of para-hydroxylation sites is 1. The van der Waals surface area contributed by atoms with Crippen LogP contribution in [0.3, 0.4) is 0 Å². The summed E-state index contributed by atoms with van der Waals surface area (Å²) in [6, 6.07) is 16.2. The van der Waals surface area contributed by atoms with Crippen LogP contribution in [-0.2, 0) is 37.1 Å². The molecule has 4 aromatic rings. The van der Waals surface area contributed by atoms with Crippen molar-refractivity contribution in [3.8, 4) is 0 Å². The number of carbonyl (C=O) groups is 1. The quantitative estimate of drug-likeness (QED) is 0.471. The van der Waals surface area contributed by atoms with E-state index in [1.54, 1.807) is 12.1 Å². The maximum atomic E-state index is 13.0. The predicted octanol–water partition coefficient (Wildman–Crippen LogP) is 3.12. The van der Waals surface area contributed by atoms with Crippen molar-refractivity contribution in [1.82, 2.24) is 25.0 Å². The van der Waals surface area contributed by atoms with Gasteiger partial charge >= 0.3 is 0 Å². The lowest BCUT2D eigenvalue weighted by molar-refractivity contribution is -0.120. The zero-order valence-electron chi connectivity index (χ0n) is 18.3. The van der Waals surface area contributed by atoms with Crippen LogP contribution in [0.1, 0.15) is 23.0 Å². The molecule has 0 saturated heterocycles. The first kappa shape index (κ1) is 21.3. The normalized spacial score (nSPS) is 14.2. The van der Waals surface area contributed by atoms with Gasteiger partial charge in [-0.2, -0.15) is 0 Å². The van der Waals surface area contributed by atoms with E-state index in [0.717, 1.165) is 66.5 Å². The van der Waals surface area contributed by atoms with Crippen LogP contribution in [0.25, 0.3) is 11.0 Å². The van der Waals surface area contributed by atoms with E-state index < -0.39 is 0 Å². The number of halogens is 1. The van der Waals surface area contributed by atoms with Gasteiger partial charge < -0.3 is 14.3 Å². The summed E-state index contributed by atoms with van der Waals surface area (Å²) in [6.45, 7) is 3.83. The second kappa shape index (κ2) is 9.54. The van der Waals surface area contributed by atoms with Crippen LogP contribution in [0.15, 0.2) is 59.0 Å². The summed E-state index contributed by atoms with van der Waals surface area (Å²) < 4.78 is 21.2. The van der Waals surface area contributed by atoms with Gasteiger partial charge in [-0.3, -0.25) is 9.69 Å². The second-order valence-electron chi connectivity index (χ2n) is 8.36. The van der Waals surface area contributed by atoms with Gasteiger partial charge in [0.05, 0.1) is 13.0 Å². The van der Waals surface area contributed by atoms with Gasteiger partial charge in [-0.15, -0.1) is 10.2 Å². The molecule has 0 bridgehead atoms. The average molecular weight is 448 g/mol. The molecular formula is C25H26FN5O2. The summed E-state index contributed by atoms with van der Waals surface area (Å²) in [5.41, 5.74) is 1.71. The number of aromatic nitrogens is 3. The molecule has 1 N–H and O–H groups in total. The Balaban J connectivity index is 1.13. The Bertz CT molecular complexity index is 1210. The largest absolute Gasteiger partial charge is 0.460 e. The molecule has 0 aliphatic carbocycles. The van der Waals surface area contributed by atoms with Gasteiger partial charge in [0, 0.05) is 44.4 Å². The first-order chi connectivity index (χ1) is 16.1. The highest BCUT2D eigenvalue weighted by atomic mass is 19.1. The number of nitrogens with one attached hydrogen (secondary N) is 1. The van der Waals surface area contributed by atoms with Crippen molar-refractivity contribution in [2.45, 2.75) is 32.4 Å². The van der Waals surface area contributed by atoms with E-state index in [1.165, 1.54) is 12.1 Å². The van der Waals surface area contributed by atoms with Gasteiger partial charge in [-0.1, -0.05) is 30.3 Å². The molecule has 7 nitrogen and oxygen atoms in total. The fourth-order valence-electron chi connectivity index (χ4n) is 4.27. The molecule has 3 heterocycles. The summed E-state index contributed by atoms with van der Waals surface area (Å²) in [5.74, 6) is 2.45. The molecule has 170 valence electrons. The Hall–Kier alpha value is -3.52. The van der Waals surface area contributed by atoms with Crippen molar-refractivity contribution >= 4 is 16.9 Å². The molecule has 5 rings (SSSR count). The number of furan rings is 1. The molecule has 0 fully saturated rings. The monoisotopic (exact) mass is 447 g/mol. The minimum atomic E-state index is -0.303. The summed E-state index contributed by atoms with van der Waals surface area (Å²) in [6.07, 6.45) is 1.67. The van der Waals surface area contributed by atoms with Gasteiger partial charge in [0.15, 0.2) is 0 Å². The van der Waals surface area contributed by atoms with E-state index in [4.69, 9.17) is 4.42 Å². The predicted molar refractivity (Wildman–Crippen MR) is 122 cm³/mol. The maximum Gasteiger partial charge on any atom is 0.224 e.